The lowest BCUT2D eigenvalue weighted by Crippen LogP contribution is -2.30. The monoisotopic (exact) mass is 1480 g/mol. The number of carbonyl (C=O) groups is 4. The Labute approximate surface area is 620 Å². The molecule has 590 valence electrons. The Morgan fingerprint density at radius 2 is 0.520 bits per heavy atom. The minimum absolute atomic E-state index is 0.0821. The lowest BCUT2D eigenvalue weighted by Gasteiger charge is -2.21. The van der Waals surface area contributed by atoms with E-state index >= 15 is 0 Å². The molecule has 17 nitrogen and oxygen atoms in total. The van der Waals surface area contributed by atoms with Gasteiger partial charge in [0.05, 0.1) is 26.4 Å². The zero-order valence-electron chi connectivity index (χ0n) is 64.5. The Kier molecular flexibility index (Phi) is 72.3. The normalized spacial score (nSPS) is 14.4. The van der Waals surface area contributed by atoms with Crippen molar-refractivity contribution in [2.24, 2.45) is 0 Å². The third-order valence-corrected chi connectivity index (χ3v) is 18.9. The van der Waals surface area contributed by atoms with Crippen LogP contribution in [-0.2, 0) is 65.4 Å². The molecule has 0 rings (SSSR count). The first-order valence-electron chi connectivity index (χ1n) is 40.5. The van der Waals surface area contributed by atoms with Gasteiger partial charge in [-0.3, -0.25) is 37.3 Å². The summed E-state index contributed by atoms with van der Waals surface area (Å²) in [6.07, 6.45) is 79.6. The molecular weight excluding hydrogens is 1330 g/mol. The zero-order chi connectivity index (χ0) is 74.6. The molecule has 0 aromatic heterocycles. The minimum atomic E-state index is -4.99. The number of esters is 4. The van der Waals surface area contributed by atoms with Crippen molar-refractivity contribution in [1.82, 2.24) is 0 Å². The van der Waals surface area contributed by atoms with E-state index in [2.05, 4.69) is 113 Å². The topological polar surface area (TPSA) is 237 Å². The second kappa shape index (κ2) is 75.2. The van der Waals surface area contributed by atoms with E-state index in [9.17, 15) is 43.2 Å². The molecule has 5 atom stereocenters. The largest absolute Gasteiger partial charge is 0.472 e. The summed E-state index contributed by atoms with van der Waals surface area (Å²) in [4.78, 5) is 73.0. The number of carbonyl (C=O) groups excluding carboxylic acids is 4. The molecular formula is C83H146O17P2. The van der Waals surface area contributed by atoms with Crippen LogP contribution in [0.1, 0.15) is 349 Å². The van der Waals surface area contributed by atoms with Crippen LogP contribution in [0.3, 0.4) is 0 Å². The SMILES string of the molecule is CC/C=C\C/C=C\C/C=C\C/C=C\C/C=C\CCCC(=O)OCC(COP(=O)(O)OCC(O)COP(=O)(O)OCC(COC(=O)CCCCCCC/C=C\C/C=C\CCCCC)OC(=O)CCCCCCC/C=C\CCCCCCCC)OC(=O)CCCCCCCCCCCCCCCCC. The van der Waals surface area contributed by atoms with Crippen LogP contribution >= 0.6 is 15.6 Å². The second-order valence-corrected chi connectivity index (χ2v) is 29.9. The van der Waals surface area contributed by atoms with Crippen LogP contribution < -0.4 is 0 Å². The Hall–Kier alpha value is -4.02. The number of hydrogen-bond acceptors (Lipinski definition) is 15. The van der Waals surface area contributed by atoms with E-state index in [0.717, 1.165) is 141 Å². The molecule has 0 spiro atoms. The molecule has 0 aromatic rings. The lowest BCUT2D eigenvalue weighted by atomic mass is 10.0. The van der Waals surface area contributed by atoms with Gasteiger partial charge in [0.1, 0.15) is 19.3 Å². The van der Waals surface area contributed by atoms with E-state index in [1.165, 1.54) is 122 Å². The van der Waals surface area contributed by atoms with E-state index in [1.54, 1.807) is 0 Å². The number of unbranched alkanes of at least 4 members (excludes halogenated alkanes) is 34. The van der Waals surface area contributed by atoms with Gasteiger partial charge in [0.25, 0.3) is 0 Å². The Bertz CT molecular complexity index is 2310. The van der Waals surface area contributed by atoms with E-state index < -0.39 is 97.5 Å². The van der Waals surface area contributed by atoms with Crippen LogP contribution in [0, 0.1) is 0 Å². The van der Waals surface area contributed by atoms with Crippen molar-refractivity contribution >= 4 is 39.5 Å². The molecule has 0 saturated heterocycles. The van der Waals surface area contributed by atoms with Gasteiger partial charge in [0.2, 0.25) is 0 Å². The maximum Gasteiger partial charge on any atom is 0.472 e. The van der Waals surface area contributed by atoms with Crippen LogP contribution in [0.5, 0.6) is 0 Å². The van der Waals surface area contributed by atoms with E-state index in [4.69, 9.17) is 37.0 Å². The highest BCUT2D eigenvalue weighted by Crippen LogP contribution is 2.45. The number of phosphoric acid groups is 2. The van der Waals surface area contributed by atoms with Gasteiger partial charge in [-0.25, -0.2) is 9.13 Å². The Balaban J connectivity index is 5.40. The fourth-order valence-corrected chi connectivity index (χ4v) is 12.4. The first-order chi connectivity index (χ1) is 49.7. The number of ether oxygens (including phenoxy) is 4. The highest BCUT2D eigenvalue weighted by molar-refractivity contribution is 7.47. The third kappa shape index (κ3) is 74.3. The van der Waals surface area contributed by atoms with Crippen LogP contribution in [0.2, 0.25) is 0 Å². The molecule has 0 aromatic carbocycles. The number of hydrogen-bond donors (Lipinski definition) is 3. The summed E-state index contributed by atoms with van der Waals surface area (Å²) in [5, 5.41) is 10.6. The van der Waals surface area contributed by atoms with E-state index in [0.29, 0.717) is 32.1 Å². The predicted molar refractivity (Wildman–Crippen MR) is 418 cm³/mol. The first kappa shape index (κ1) is 98.0. The molecule has 0 aliphatic rings. The number of allylic oxidation sites excluding steroid dienone is 16. The van der Waals surface area contributed by atoms with Crippen LogP contribution in [0.25, 0.3) is 0 Å². The molecule has 0 heterocycles. The zero-order valence-corrected chi connectivity index (χ0v) is 66.3. The number of aliphatic hydroxyl groups is 1. The van der Waals surface area contributed by atoms with Crippen molar-refractivity contribution in [1.29, 1.82) is 0 Å². The standard InChI is InChI=1S/C83H146O17P2/c1-5-9-13-17-21-25-29-33-37-38-42-44-48-52-56-60-64-68-81(86)94-74-79(100-83(88)70-66-62-58-54-50-46-41-36-32-28-24-20-16-12-8-4)76-98-102(91,92)96-72-77(84)71-95-101(89,90)97-75-78(99-82(87)69-65-61-57-53-49-45-40-35-31-27-23-19-15-11-7-3)73-93-80(85)67-63-59-55-51-47-43-39-34-30-26-22-18-14-10-6-2/h9,13,21-22,25-26,33-35,37,39-40,42,44,52,56,77-79,84H,5-8,10-12,14-20,23-24,27-32,36,38,41,43,45-51,53-55,57-76H2,1-4H3,(H,89,90)(H,91,92)/b13-9-,25-21-,26-22-,37-33-,39-34-,40-35-,44-42-,56-52-. The van der Waals surface area contributed by atoms with Gasteiger partial charge in [-0.05, 0) is 122 Å². The Morgan fingerprint density at radius 3 is 0.853 bits per heavy atom. The summed E-state index contributed by atoms with van der Waals surface area (Å²) in [7, 11) is -9.97. The maximum absolute atomic E-state index is 13.1. The summed E-state index contributed by atoms with van der Waals surface area (Å²) in [6.45, 7) is 4.69. The highest BCUT2D eigenvalue weighted by atomic mass is 31.2. The average molecular weight is 1480 g/mol. The van der Waals surface area contributed by atoms with Gasteiger partial charge in [0.15, 0.2) is 12.2 Å². The van der Waals surface area contributed by atoms with Crippen molar-refractivity contribution in [2.75, 3.05) is 39.6 Å². The van der Waals surface area contributed by atoms with Gasteiger partial charge in [0, 0.05) is 25.7 Å². The van der Waals surface area contributed by atoms with Crippen LogP contribution in [0.15, 0.2) is 97.2 Å². The number of phosphoric ester groups is 2. The second-order valence-electron chi connectivity index (χ2n) is 27.0. The fourth-order valence-electron chi connectivity index (χ4n) is 10.9. The molecule has 0 amide bonds. The molecule has 0 radical (unpaired) electrons. The maximum atomic E-state index is 13.1. The minimum Gasteiger partial charge on any atom is -0.462 e. The van der Waals surface area contributed by atoms with Crippen molar-refractivity contribution in [3.63, 3.8) is 0 Å². The van der Waals surface area contributed by atoms with Gasteiger partial charge < -0.3 is 33.8 Å². The van der Waals surface area contributed by atoms with Gasteiger partial charge in [-0.2, -0.15) is 0 Å². The summed E-state index contributed by atoms with van der Waals surface area (Å²) in [5.74, 6) is -2.25. The average Bonchev–Trinajstić information content (AvgIpc) is 0.923. The third-order valence-electron chi connectivity index (χ3n) is 17.0. The van der Waals surface area contributed by atoms with Gasteiger partial charge in [-0.1, -0.05) is 298 Å². The van der Waals surface area contributed by atoms with Crippen LogP contribution in [-0.4, -0.2) is 96.7 Å². The smallest absolute Gasteiger partial charge is 0.462 e. The number of aliphatic hydroxyl groups excluding tert-OH is 1. The molecule has 19 heteroatoms. The van der Waals surface area contributed by atoms with Crippen molar-refractivity contribution in [3.05, 3.63) is 97.2 Å². The molecule has 5 unspecified atom stereocenters. The Morgan fingerprint density at radius 1 is 0.284 bits per heavy atom. The summed E-state index contributed by atoms with van der Waals surface area (Å²) in [6, 6.07) is 0. The first-order valence-corrected chi connectivity index (χ1v) is 43.5. The molecule has 3 N–H and O–H groups in total. The number of rotatable bonds is 76. The molecule has 0 aliphatic carbocycles. The quantitative estimate of drug-likeness (QED) is 0.0169. The van der Waals surface area contributed by atoms with Crippen LogP contribution in [0.4, 0.5) is 0 Å². The fraction of sp³-hybridized carbons (Fsp3) is 0.759. The van der Waals surface area contributed by atoms with E-state index in [-0.39, 0.29) is 25.7 Å². The molecule has 0 aliphatic heterocycles. The van der Waals surface area contributed by atoms with Gasteiger partial charge in [-0.15, -0.1) is 0 Å². The highest BCUT2D eigenvalue weighted by Gasteiger charge is 2.30. The van der Waals surface area contributed by atoms with Crippen molar-refractivity contribution in [3.8, 4) is 0 Å². The molecule has 102 heavy (non-hydrogen) atoms. The van der Waals surface area contributed by atoms with Crippen molar-refractivity contribution in [2.45, 2.75) is 367 Å². The van der Waals surface area contributed by atoms with E-state index in [1.807, 2.05) is 12.2 Å². The molecule has 0 fully saturated rings. The van der Waals surface area contributed by atoms with Gasteiger partial charge >= 0.3 is 39.5 Å². The predicted octanol–water partition coefficient (Wildman–Crippen LogP) is 23.6. The molecule has 0 saturated carbocycles. The summed E-state index contributed by atoms with van der Waals surface area (Å²) < 4.78 is 68.6. The summed E-state index contributed by atoms with van der Waals surface area (Å²) >= 11 is 0. The summed E-state index contributed by atoms with van der Waals surface area (Å²) in [5.41, 5.74) is 0. The van der Waals surface area contributed by atoms with Crippen molar-refractivity contribution < 1.29 is 80.2 Å². The molecule has 0 bridgehead atoms. The lowest BCUT2D eigenvalue weighted by molar-refractivity contribution is -0.161.